The first kappa shape index (κ1) is 22.7. The Hall–Kier alpha value is -2.58. The smallest absolute Gasteiger partial charge is 0.337 e. The number of hydrogen-bond donors (Lipinski definition) is 3. The molecule has 1 saturated carbocycles. The van der Waals surface area contributed by atoms with Crippen molar-refractivity contribution in [2.24, 2.45) is 5.41 Å². The molecule has 9 heteroatoms. The van der Waals surface area contributed by atoms with Gasteiger partial charge in [-0.25, -0.2) is 9.59 Å². The van der Waals surface area contributed by atoms with Gasteiger partial charge in [-0.1, -0.05) is 12.8 Å². The van der Waals surface area contributed by atoms with Crippen LogP contribution in [0.5, 0.6) is 0 Å². The fraction of sp³-hybridized carbons (Fsp3) is 0.700. The van der Waals surface area contributed by atoms with Crippen LogP contribution in [0, 0.1) is 5.41 Å². The molecular formula is C20H31N3O6. The monoisotopic (exact) mass is 409 g/mol. The number of rotatable bonds is 7. The molecule has 162 valence electrons. The molecule has 0 aromatic carbocycles. The number of carbonyl (C=O) groups is 4. The highest BCUT2D eigenvalue weighted by Gasteiger charge is 2.45. The number of urea groups is 1. The van der Waals surface area contributed by atoms with E-state index in [0.717, 1.165) is 12.8 Å². The van der Waals surface area contributed by atoms with Crippen LogP contribution in [-0.2, 0) is 23.9 Å². The van der Waals surface area contributed by atoms with E-state index in [1.807, 2.05) is 20.8 Å². The predicted molar refractivity (Wildman–Crippen MR) is 105 cm³/mol. The van der Waals surface area contributed by atoms with Crippen molar-refractivity contribution < 1.29 is 28.7 Å². The van der Waals surface area contributed by atoms with Crippen LogP contribution in [0.4, 0.5) is 4.79 Å². The van der Waals surface area contributed by atoms with Crippen LogP contribution < -0.4 is 16.0 Å². The lowest BCUT2D eigenvalue weighted by atomic mass is 9.82. The highest BCUT2D eigenvalue weighted by atomic mass is 16.5. The van der Waals surface area contributed by atoms with Crippen LogP contribution in [0.3, 0.4) is 0 Å². The predicted octanol–water partition coefficient (Wildman–Crippen LogP) is 1.52. The summed E-state index contributed by atoms with van der Waals surface area (Å²) in [4.78, 5) is 49.1. The first-order valence-electron chi connectivity index (χ1n) is 9.98. The maximum atomic E-state index is 12.9. The van der Waals surface area contributed by atoms with Gasteiger partial charge in [-0.05, 0) is 40.5 Å². The molecule has 1 aliphatic heterocycles. The maximum absolute atomic E-state index is 12.9. The van der Waals surface area contributed by atoms with Crippen molar-refractivity contribution in [3.63, 3.8) is 0 Å². The molecule has 0 aromatic rings. The minimum Gasteiger partial charge on any atom is -0.463 e. The fourth-order valence-corrected chi connectivity index (χ4v) is 3.63. The molecular weight excluding hydrogens is 378 g/mol. The van der Waals surface area contributed by atoms with Gasteiger partial charge >= 0.3 is 18.0 Å². The van der Waals surface area contributed by atoms with Crippen molar-refractivity contribution in [1.29, 1.82) is 0 Å². The van der Waals surface area contributed by atoms with E-state index in [1.165, 1.54) is 0 Å². The molecule has 0 aromatic heterocycles. The molecule has 0 unspecified atom stereocenters. The molecule has 1 fully saturated rings. The summed E-state index contributed by atoms with van der Waals surface area (Å²) in [5.74, 6) is -1.26. The van der Waals surface area contributed by atoms with Crippen LogP contribution in [-0.4, -0.2) is 49.2 Å². The molecule has 0 spiro atoms. The van der Waals surface area contributed by atoms with Crippen LogP contribution in [0.2, 0.25) is 0 Å². The molecule has 9 nitrogen and oxygen atoms in total. The van der Waals surface area contributed by atoms with Crippen LogP contribution >= 0.6 is 0 Å². The minimum atomic E-state index is -0.878. The lowest BCUT2D eigenvalue weighted by molar-refractivity contribution is -0.157. The maximum Gasteiger partial charge on any atom is 0.337 e. The Labute approximate surface area is 170 Å². The van der Waals surface area contributed by atoms with Gasteiger partial charge in [0, 0.05) is 12.0 Å². The summed E-state index contributed by atoms with van der Waals surface area (Å²) in [5, 5.41) is 7.90. The number of esters is 2. The van der Waals surface area contributed by atoms with Crippen molar-refractivity contribution in [3.05, 3.63) is 11.3 Å². The summed E-state index contributed by atoms with van der Waals surface area (Å²) >= 11 is 0. The molecule has 0 radical (unpaired) electrons. The zero-order valence-corrected chi connectivity index (χ0v) is 17.6. The van der Waals surface area contributed by atoms with Crippen LogP contribution in [0.15, 0.2) is 11.3 Å². The van der Waals surface area contributed by atoms with Crippen molar-refractivity contribution in [3.8, 4) is 0 Å². The minimum absolute atomic E-state index is 0.00329. The zero-order valence-electron chi connectivity index (χ0n) is 17.6. The summed E-state index contributed by atoms with van der Waals surface area (Å²) in [6.45, 7) is 7.25. The highest BCUT2D eigenvalue weighted by molar-refractivity contribution is 5.94. The quantitative estimate of drug-likeness (QED) is 0.548. The normalized spacial score (nSPS) is 18.6. The van der Waals surface area contributed by atoms with E-state index in [4.69, 9.17) is 9.47 Å². The van der Waals surface area contributed by atoms with Crippen molar-refractivity contribution in [2.45, 2.75) is 65.3 Å². The Morgan fingerprint density at radius 1 is 1.14 bits per heavy atom. The van der Waals surface area contributed by atoms with Crippen molar-refractivity contribution in [2.75, 3.05) is 19.8 Å². The third-order valence-corrected chi connectivity index (χ3v) is 4.93. The Morgan fingerprint density at radius 2 is 1.79 bits per heavy atom. The molecule has 0 atom stereocenters. The molecule has 29 heavy (non-hydrogen) atoms. The van der Waals surface area contributed by atoms with Gasteiger partial charge in [0.15, 0.2) is 0 Å². The third kappa shape index (κ3) is 6.20. The molecule has 1 aliphatic carbocycles. The average molecular weight is 409 g/mol. The number of carbonyl (C=O) groups excluding carboxylic acids is 4. The second-order valence-electron chi connectivity index (χ2n) is 8.52. The second-order valence-corrected chi connectivity index (χ2v) is 8.52. The van der Waals surface area contributed by atoms with Gasteiger partial charge in [0.2, 0.25) is 5.91 Å². The first-order chi connectivity index (χ1) is 13.6. The van der Waals surface area contributed by atoms with E-state index in [2.05, 4.69) is 16.0 Å². The molecule has 3 amide bonds. The van der Waals surface area contributed by atoms with E-state index in [9.17, 15) is 19.2 Å². The molecule has 2 aliphatic rings. The van der Waals surface area contributed by atoms with E-state index in [1.54, 1.807) is 6.92 Å². The van der Waals surface area contributed by atoms with Crippen molar-refractivity contribution >= 4 is 23.9 Å². The Bertz CT molecular complexity index is 701. The van der Waals surface area contributed by atoms with Gasteiger partial charge in [-0.3, -0.25) is 9.59 Å². The van der Waals surface area contributed by atoms with Gasteiger partial charge in [0.25, 0.3) is 0 Å². The zero-order chi connectivity index (χ0) is 21.7. The fourth-order valence-electron chi connectivity index (χ4n) is 3.63. The Balaban J connectivity index is 2.10. The van der Waals surface area contributed by atoms with Gasteiger partial charge in [0.05, 0.1) is 29.8 Å². The number of nitrogens with one attached hydrogen (secondary N) is 3. The second kappa shape index (κ2) is 9.28. The summed E-state index contributed by atoms with van der Waals surface area (Å²) in [6.07, 6.45) is 2.88. The molecule has 1 heterocycles. The molecule has 3 N–H and O–H groups in total. The first-order valence-corrected chi connectivity index (χ1v) is 9.98. The van der Waals surface area contributed by atoms with Crippen LogP contribution in [0.25, 0.3) is 0 Å². The van der Waals surface area contributed by atoms with E-state index in [0.29, 0.717) is 12.8 Å². The number of amides is 3. The summed E-state index contributed by atoms with van der Waals surface area (Å²) in [7, 11) is 0. The average Bonchev–Trinajstić information content (AvgIpc) is 3.07. The topological polar surface area (TPSA) is 123 Å². The third-order valence-electron chi connectivity index (χ3n) is 4.93. The lowest BCUT2D eigenvalue weighted by Gasteiger charge is -2.29. The molecule has 0 bridgehead atoms. The van der Waals surface area contributed by atoms with Gasteiger partial charge in [-0.15, -0.1) is 0 Å². The number of hydrogen-bond acceptors (Lipinski definition) is 6. The van der Waals surface area contributed by atoms with E-state index < -0.39 is 23.4 Å². The Kier molecular flexibility index (Phi) is 7.26. The largest absolute Gasteiger partial charge is 0.463 e. The SMILES string of the molecule is CCOC(=O)C1=C(COC(=O)C2(CC(=O)NC(C)(C)C)CCCC2)NC(=O)NC1. The number of ether oxygens (including phenoxy) is 2. The van der Waals surface area contributed by atoms with Gasteiger partial charge in [0.1, 0.15) is 6.61 Å². The van der Waals surface area contributed by atoms with Crippen molar-refractivity contribution in [1.82, 2.24) is 16.0 Å². The van der Waals surface area contributed by atoms with Gasteiger partial charge < -0.3 is 25.4 Å². The standard InChI is InChI=1S/C20H31N3O6/c1-5-28-16(25)13-11-21-18(27)22-14(13)12-29-17(26)20(8-6-7-9-20)10-15(24)23-19(2,3)4/h5-12H2,1-4H3,(H,23,24)(H2,21,22,27). The summed E-state index contributed by atoms with van der Waals surface area (Å²) in [5.41, 5.74) is -0.853. The summed E-state index contributed by atoms with van der Waals surface area (Å²) < 4.78 is 10.5. The van der Waals surface area contributed by atoms with E-state index in [-0.39, 0.29) is 48.9 Å². The molecule has 2 rings (SSSR count). The highest BCUT2D eigenvalue weighted by Crippen LogP contribution is 2.42. The Morgan fingerprint density at radius 3 is 2.38 bits per heavy atom. The van der Waals surface area contributed by atoms with Gasteiger partial charge in [-0.2, -0.15) is 0 Å². The lowest BCUT2D eigenvalue weighted by Crippen LogP contribution is -2.46. The molecule has 0 saturated heterocycles. The van der Waals surface area contributed by atoms with Crippen LogP contribution in [0.1, 0.15) is 59.8 Å². The van der Waals surface area contributed by atoms with E-state index >= 15 is 0 Å². The summed E-state index contributed by atoms with van der Waals surface area (Å²) in [6, 6.07) is -0.482.